The van der Waals surface area contributed by atoms with E-state index < -0.39 is 0 Å². The molecule has 94 valence electrons. The minimum atomic E-state index is -0.222. The third kappa shape index (κ3) is 2.15. The van der Waals surface area contributed by atoms with Crippen LogP contribution in [0, 0.1) is 5.82 Å². The normalized spacial score (nSPS) is 14.6. The average molecular weight is 265 g/mol. The molecule has 1 aromatic heterocycles. The highest BCUT2D eigenvalue weighted by Crippen LogP contribution is 2.28. The molecule has 0 fully saturated rings. The zero-order valence-electron chi connectivity index (χ0n) is 10.00. The molecule has 1 aliphatic rings. The molecule has 0 N–H and O–H groups in total. The first-order valence-corrected chi connectivity index (χ1v) is 6.60. The van der Waals surface area contributed by atoms with Gasteiger partial charge >= 0.3 is 0 Å². The van der Waals surface area contributed by atoms with E-state index in [1.807, 2.05) is 6.07 Å². The molecule has 18 heavy (non-hydrogen) atoms. The van der Waals surface area contributed by atoms with E-state index in [0.29, 0.717) is 11.7 Å². The van der Waals surface area contributed by atoms with Crippen LogP contribution in [0.3, 0.4) is 0 Å². The first kappa shape index (κ1) is 11.7. The maximum Gasteiger partial charge on any atom is 0.130 e. The van der Waals surface area contributed by atoms with E-state index >= 15 is 0 Å². The fraction of sp³-hybridized carbons (Fsp3) is 0.357. The van der Waals surface area contributed by atoms with Gasteiger partial charge in [-0.1, -0.05) is 23.7 Å². The van der Waals surface area contributed by atoms with Crippen LogP contribution in [0.1, 0.15) is 29.7 Å². The highest BCUT2D eigenvalue weighted by atomic mass is 35.5. The Hall–Kier alpha value is -1.35. The summed E-state index contributed by atoms with van der Waals surface area (Å²) in [6.07, 6.45) is 4.38. The Labute approximate surface area is 110 Å². The molecule has 0 amide bonds. The van der Waals surface area contributed by atoms with Gasteiger partial charge < -0.3 is 0 Å². The Morgan fingerprint density at radius 2 is 2.11 bits per heavy atom. The minimum Gasteiger partial charge on any atom is -0.249 e. The number of rotatable bonds is 2. The van der Waals surface area contributed by atoms with Crippen LogP contribution in [0.2, 0.25) is 5.15 Å². The Morgan fingerprint density at radius 1 is 1.28 bits per heavy atom. The van der Waals surface area contributed by atoms with Gasteiger partial charge in [-0.05, 0) is 43.4 Å². The SMILES string of the molecule is Fc1cccc(Cn2nc3c(c2Cl)CCCC3)c1. The molecule has 2 nitrogen and oxygen atoms in total. The molecule has 3 rings (SSSR count). The lowest BCUT2D eigenvalue weighted by molar-refractivity contribution is 0.616. The summed E-state index contributed by atoms with van der Waals surface area (Å²) in [7, 11) is 0. The van der Waals surface area contributed by atoms with Gasteiger partial charge in [-0.3, -0.25) is 0 Å². The zero-order chi connectivity index (χ0) is 12.5. The van der Waals surface area contributed by atoms with Crippen LogP contribution in [0.5, 0.6) is 0 Å². The number of hydrogen-bond donors (Lipinski definition) is 0. The summed E-state index contributed by atoms with van der Waals surface area (Å²) in [4.78, 5) is 0. The van der Waals surface area contributed by atoms with E-state index in [4.69, 9.17) is 11.6 Å². The van der Waals surface area contributed by atoms with Crippen molar-refractivity contribution < 1.29 is 4.39 Å². The summed E-state index contributed by atoms with van der Waals surface area (Å²) in [5.74, 6) is -0.222. The number of aromatic nitrogens is 2. The standard InChI is InChI=1S/C14H14ClFN2/c15-14-12-6-1-2-7-13(12)17-18(14)9-10-4-3-5-11(16)8-10/h3-5,8H,1-2,6-7,9H2. The van der Waals surface area contributed by atoms with Gasteiger partial charge in [0.2, 0.25) is 0 Å². The number of nitrogens with zero attached hydrogens (tertiary/aromatic N) is 2. The monoisotopic (exact) mass is 264 g/mol. The molecule has 0 spiro atoms. The van der Waals surface area contributed by atoms with Crippen LogP contribution in [0.25, 0.3) is 0 Å². The zero-order valence-corrected chi connectivity index (χ0v) is 10.8. The predicted molar refractivity (Wildman–Crippen MR) is 69.4 cm³/mol. The van der Waals surface area contributed by atoms with Crippen LogP contribution >= 0.6 is 11.6 Å². The fourth-order valence-electron chi connectivity index (χ4n) is 2.48. The van der Waals surface area contributed by atoms with Crippen molar-refractivity contribution in [3.8, 4) is 0 Å². The van der Waals surface area contributed by atoms with E-state index in [9.17, 15) is 4.39 Å². The molecule has 1 heterocycles. The van der Waals surface area contributed by atoms with Gasteiger partial charge in [-0.25, -0.2) is 9.07 Å². The van der Waals surface area contributed by atoms with Gasteiger partial charge in [0.05, 0.1) is 12.2 Å². The summed E-state index contributed by atoms with van der Waals surface area (Å²) in [6, 6.07) is 6.57. The van der Waals surface area contributed by atoms with Crippen molar-refractivity contribution in [2.45, 2.75) is 32.2 Å². The second-order valence-corrected chi connectivity index (χ2v) is 5.07. The minimum absolute atomic E-state index is 0.222. The number of halogens is 2. The molecule has 0 saturated carbocycles. The summed E-state index contributed by atoms with van der Waals surface area (Å²) < 4.78 is 14.9. The Kier molecular flexibility index (Phi) is 3.08. The molecule has 0 bridgehead atoms. The molecule has 2 aromatic rings. The molecule has 4 heteroatoms. The lowest BCUT2D eigenvalue weighted by atomic mass is 9.99. The Balaban J connectivity index is 1.91. The van der Waals surface area contributed by atoms with Crippen molar-refractivity contribution in [1.29, 1.82) is 0 Å². The molecule has 0 radical (unpaired) electrons. The number of benzene rings is 1. The number of hydrogen-bond acceptors (Lipinski definition) is 1. The topological polar surface area (TPSA) is 17.8 Å². The van der Waals surface area contributed by atoms with Crippen molar-refractivity contribution in [3.05, 3.63) is 52.1 Å². The van der Waals surface area contributed by atoms with E-state index in [1.54, 1.807) is 10.7 Å². The van der Waals surface area contributed by atoms with E-state index in [1.165, 1.54) is 30.5 Å². The van der Waals surface area contributed by atoms with Crippen molar-refractivity contribution in [2.75, 3.05) is 0 Å². The molecule has 1 aromatic carbocycles. The third-order valence-electron chi connectivity index (χ3n) is 3.38. The second kappa shape index (κ2) is 4.73. The molecule has 0 saturated heterocycles. The summed E-state index contributed by atoms with van der Waals surface area (Å²) in [5.41, 5.74) is 3.18. The highest BCUT2D eigenvalue weighted by molar-refractivity contribution is 6.30. The molecule has 0 aliphatic heterocycles. The van der Waals surface area contributed by atoms with E-state index in [0.717, 1.165) is 24.1 Å². The van der Waals surface area contributed by atoms with Crippen LogP contribution < -0.4 is 0 Å². The Bertz CT molecular complexity index is 577. The fourth-order valence-corrected chi connectivity index (χ4v) is 2.78. The Morgan fingerprint density at radius 3 is 2.89 bits per heavy atom. The van der Waals surface area contributed by atoms with E-state index in [2.05, 4.69) is 5.10 Å². The van der Waals surface area contributed by atoms with Gasteiger partial charge in [0, 0.05) is 5.56 Å². The maximum absolute atomic E-state index is 13.1. The molecular weight excluding hydrogens is 251 g/mol. The average Bonchev–Trinajstić information content (AvgIpc) is 2.67. The van der Waals surface area contributed by atoms with Crippen molar-refractivity contribution in [2.24, 2.45) is 0 Å². The summed E-state index contributed by atoms with van der Waals surface area (Å²) in [5, 5.41) is 5.25. The molecular formula is C14H14ClFN2. The summed E-state index contributed by atoms with van der Waals surface area (Å²) >= 11 is 6.34. The number of aryl methyl sites for hydroxylation is 1. The van der Waals surface area contributed by atoms with Crippen LogP contribution in [0.4, 0.5) is 4.39 Å². The molecule has 0 atom stereocenters. The molecule has 0 unspecified atom stereocenters. The highest BCUT2D eigenvalue weighted by Gasteiger charge is 2.19. The van der Waals surface area contributed by atoms with Gasteiger partial charge in [-0.2, -0.15) is 5.10 Å². The second-order valence-electron chi connectivity index (χ2n) is 4.71. The molecule has 1 aliphatic carbocycles. The van der Waals surface area contributed by atoms with Crippen LogP contribution in [0.15, 0.2) is 24.3 Å². The van der Waals surface area contributed by atoms with Gasteiger partial charge in [-0.15, -0.1) is 0 Å². The van der Waals surface area contributed by atoms with Gasteiger partial charge in [0.1, 0.15) is 11.0 Å². The quantitative estimate of drug-likeness (QED) is 0.810. The van der Waals surface area contributed by atoms with Crippen LogP contribution in [-0.2, 0) is 19.4 Å². The number of fused-ring (bicyclic) bond motifs is 1. The smallest absolute Gasteiger partial charge is 0.130 e. The van der Waals surface area contributed by atoms with Crippen molar-refractivity contribution in [3.63, 3.8) is 0 Å². The van der Waals surface area contributed by atoms with Crippen LogP contribution in [-0.4, -0.2) is 9.78 Å². The van der Waals surface area contributed by atoms with Crippen molar-refractivity contribution >= 4 is 11.6 Å². The summed E-state index contributed by atoms with van der Waals surface area (Å²) in [6.45, 7) is 0.531. The van der Waals surface area contributed by atoms with Gasteiger partial charge in [0.25, 0.3) is 0 Å². The predicted octanol–water partition coefficient (Wildman–Crippen LogP) is 3.60. The first-order chi connectivity index (χ1) is 8.74. The lowest BCUT2D eigenvalue weighted by Gasteiger charge is -2.08. The first-order valence-electron chi connectivity index (χ1n) is 6.22. The largest absolute Gasteiger partial charge is 0.249 e. The van der Waals surface area contributed by atoms with Gasteiger partial charge in [0.15, 0.2) is 0 Å². The lowest BCUT2D eigenvalue weighted by Crippen LogP contribution is -2.03. The maximum atomic E-state index is 13.1. The third-order valence-corrected chi connectivity index (χ3v) is 3.80. The van der Waals surface area contributed by atoms with Crippen molar-refractivity contribution in [1.82, 2.24) is 9.78 Å². The van der Waals surface area contributed by atoms with E-state index in [-0.39, 0.29) is 5.82 Å².